The normalized spacial score (nSPS) is 10.4. The number of nitrogens with one attached hydrogen (secondary N) is 2. The molecule has 0 spiro atoms. The van der Waals surface area contributed by atoms with Crippen molar-refractivity contribution in [3.05, 3.63) is 55.7 Å². The molecule has 2 N–H and O–H groups in total. The standard InChI is InChI=1S/C13H14ClN3O2S/c14-12-7-11(17(18)19)1-2-13(12)16-5-4-15-8-10-3-6-20-9-10/h1-3,6-7,9,15-16H,4-5,8H2. The van der Waals surface area contributed by atoms with E-state index in [1.54, 1.807) is 17.4 Å². The molecule has 0 fully saturated rings. The Kier molecular flexibility index (Phi) is 5.34. The smallest absolute Gasteiger partial charge is 0.271 e. The van der Waals surface area contributed by atoms with Gasteiger partial charge in [-0.15, -0.1) is 0 Å². The van der Waals surface area contributed by atoms with E-state index in [1.807, 2.05) is 5.38 Å². The number of hydrogen-bond donors (Lipinski definition) is 2. The van der Waals surface area contributed by atoms with E-state index < -0.39 is 4.92 Å². The number of hydrogen-bond acceptors (Lipinski definition) is 5. The van der Waals surface area contributed by atoms with E-state index in [9.17, 15) is 10.1 Å². The van der Waals surface area contributed by atoms with Gasteiger partial charge in [0.25, 0.3) is 5.69 Å². The second-order valence-electron chi connectivity index (χ2n) is 4.16. The molecule has 2 rings (SSSR count). The van der Waals surface area contributed by atoms with Crippen LogP contribution in [-0.2, 0) is 6.54 Å². The van der Waals surface area contributed by atoms with E-state index in [4.69, 9.17) is 11.6 Å². The Labute approximate surface area is 125 Å². The van der Waals surface area contributed by atoms with E-state index in [0.717, 1.165) is 13.1 Å². The molecule has 0 saturated heterocycles. The fraction of sp³-hybridized carbons (Fsp3) is 0.231. The molecule has 1 aromatic carbocycles. The largest absolute Gasteiger partial charge is 0.383 e. The monoisotopic (exact) mass is 311 g/mol. The van der Waals surface area contributed by atoms with Gasteiger partial charge in [-0.05, 0) is 28.5 Å². The first-order valence-electron chi connectivity index (χ1n) is 6.06. The summed E-state index contributed by atoms with van der Waals surface area (Å²) in [6.07, 6.45) is 0. The number of thiophene rings is 1. The molecule has 0 bridgehead atoms. The molecule has 0 aliphatic rings. The first-order chi connectivity index (χ1) is 9.66. The number of benzene rings is 1. The number of non-ortho nitro benzene ring substituents is 1. The molecule has 2 aromatic rings. The Morgan fingerprint density at radius 3 is 2.80 bits per heavy atom. The Balaban J connectivity index is 1.75. The Bertz CT molecular complexity index is 575. The summed E-state index contributed by atoms with van der Waals surface area (Å²) in [6.45, 7) is 2.31. The maximum absolute atomic E-state index is 10.6. The van der Waals surface area contributed by atoms with Crippen molar-refractivity contribution >= 4 is 34.3 Å². The van der Waals surface area contributed by atoms with Crippen LogP contribution in [0.4, 0.5) is 11.4 Å². The summed E-state index contributed by atoms with van der Waals surface area (Å²) in [5, 5.41) is 21.5. The Morgan fingerprint density at radius 1 is 1.30 bits per heavy atom. The highest BCUT2D eigenvalue weighted by Crippen LogP contribution is 2.26. The van der Waals surface area contributed by atoms with Gasteiger partial charge >= 0.3 is 0 Å². The van der Waals surface area contributed by atoms with Gasteiger partial charge in [-0.1, -0.05) is 11.6 Å². The quantitative estimate of drug-likeness (QED) is 0.466. The maximum atomic E-state index is 10.6. The van der Waals surface area contributed by atoms with Gasteiger partial charge in [0.1, 0.15) is 0 Å². The number of halogens is 1. The zero-order valence-electron chi connectivity index (χ0n) is 10.6. The van der Waals surface area contributed by atoms with Crippen molar-refractivity contribution in [2.45, 2.75) is 6.54 Å². The van der Waals surface area contributed by atoms with E-state index >= 15 is 0 Å². The molecule has 1 aromatic heterocycles. The summed E-state index contributed by atoms with van der Waals surface area (Å²) in [7, 11) is 0. The van der Waals surface area contributed by atoms with E-state index in [2.05, 4.69) is 22.1 Å². The van der Waals surface area contributed by atoms with Crippen LogP contribution in [0.3, 0.4) is 0 Å². The third kappa shape index (κ3) is 4.19. The van der Waals surface area contributed by atoms with Crippen molar-refractivity contribution in [3.63, 3.8) is 0 Å². The molecule has 0 radical (unpaired) electrons. The van der Waals surface area contributed by atoms with Crippen molar-refractivity contribution in [1.29, 1.82) is 0 Å². The molecule has 0 unspecified atom stereocenters. The van der Waals surface area contributed by atoms with E-state index in [1.165, 1.54) is 17.7 Å². The van der Waals surface area contributed by atoms with Crippen LogP contribution in [0.2, 0.25) is 5.02 Å². The Hall–Kier alpha value is -1.63. The summed E-state index contributed by atoms with van der Waals surface area (Å²) in [6, 6.07) is 6.49. The summed E-state index contributed by atoms with van der Waals surface area (Å²) < 4.78 is 0. The van der Waals surface area contributed by atoms with Gasteiger partial charge in [0.15, 0.2) is 0 Å². The molecule has 0 aliphatic heterocycles. The first-order valence-corrected chi connectivity index (χ1v) is 7.38. The van der Waals surface area contributed by atoms with Crippen LogP contribution < -0.4 is 10.6 Å². The molecular formula is C13H14ClN3O2S. The highest BCUT2D eigenvalue weighted by molar-refractivity contribution is 7.07. The fourth-order valence-electron chi connectivity index (χ4n) is 1.67. The lowest BCUT2D eigenvalue weighted by atomic mass is 10.3. The van der Waals surface area contributed by atoms with Crippen LogP contribution >= 0.6 is 22.9 Å². The molecule has 0 aliphatic carbocycles. The average molecular weight is 312 g/mol. The molecule has 0 atom stereocenters. The zero-order valence-corrected chi connectivity index (χ0v) is 12.2. The van der Waals surface area contributed by atoms with E-state index in [-0.39, 0.29) is 5.69 Å². The summed E-state index contributed by atoms with van der Waals surface area (Å²) in [5.41, 5.74) is 1.97. The molecular weight excluding hydrogens is 298 g/mol. The van der Waals surface area contributed by atoms with Crippen molar-refractivity contribution in [3.8, 4) is 0 Å². The predicted molar refractivity (Wildman–Crippen MR) is 82.6 cm³/mol. The van der Waals surface area contributed by atoms with Gasteiger partial charge in [-0.25, -0.2) is 0 Å². The first kappa shape index (κ1) is 14.8. The topological polar surface area (TPSA) is 67.2 Å². The molecule has 5 nitrogen and oxygen atoms in total. The van der Waals surface area contributed by atoms with Crippen LogP contribution in [0.1, 0.15) is 5.56 Å². The van der Waals surface area contributed by atoms with Crippen molar-refractivity contribution < 1.29 is 4.92 Å². The van der Waals surface area contributed by atoms with Gasteiger partial charge in [0.2, 0.25) is 0 Å². The van der Waals surface area contributed by atoms with Gasteiger partial charge in [-0.2, -0.15) is 11.3 Å². The number of anilines is 1. The lowest BCUT2D eigenvalue weighted by Crippen LogP contribution is -2.21. The highest BCUT2D eigenvalue weighted by atomic mass is 35.5. The third-order valence-electron chi connectivity index (χ3n) is 2.69. The van der Waals surface area contributed by atoms with Crippen LogP contribution in [0.25, 0.3) is 0 Å². The molecule has 20 heavy (non-hydrogen) atoms. The highest BCUT2D eigenvalue weighted by Gasteiger charge is 2.08. The van der Waals surface area contributed by atoms with Gasteiger partial charge in [0.05, 0.1) is 15.6 Å². The minimum absolute atomic E-state index is 0.00358. The van der Waals surface area contributed by atoms with Crippen LogP contribution in [0, 0.1) is 10.1 Å². The van der Waals surface area contributed by atoms with E-state index in [0.29, 0.717) is 17.3 Å². The van der Waals surface area contributed by atoms with Crippen LogP contribution in [0.5, 0.6) is 0 Å². The van der Waals surface area contributed by atoms with Crippen LogP contribution in [-0.4, -0.2) is 18.0 Å². The number of nitro benzene ring substituents is 1. The Morgan fingerprint density at radius 2 is 2.15 bits per heavy atom. The number of nitro groups is 1. The summed E-state index contributed by atoms with van der Waals surface area (Å²) in [5.74, 6) is 0. The van der Waals surface area contributed by atoms with Crippen molar-refractivity contribution in [2.75, 3.05) is 18.4 Å². The SMILES string of the molecule is O=[N+]([O-])c1ccc(NCCNCc2ccsc2)c(Cl)c1. The zero-order chi connectivity index (χ0) is 14.4. The maximum Gasteiger partial charge on any atom is 0.271 e. The molecule has 0 saturated carbocycles. The summed E-state index contributed by atoms with van der Waals surface area (Å²) >= 11 is 7.66. The second-order valence-corrected chi connectivity index (χ2v) is 5.34. The van der Waals surface area contributed by atoms with Gasteiger partial charge in [-0.3, -0.25) is 10.1 Å². The second kappa shape index (κ2) is 7.23. The van der Waals surface area contributed by atoms with Gasteiger partial charge < -0.3 is 10.6 Å². The van der Waals surface area contributed by atoms with Crippen LogP contribution in [0.15, 0.2) is 35.0 Å². The van der Waals surface area contributed by atoms with Crippen molar-refractivity contribution in [1.82, 2.24) is 5.32 Å². The molecule has 7 heteroatoms. The molecule has 0 amide bonds. The average Bonchev–Trinajstić information content (AvgIpc) is 2.93. The number of nitrogens with zero attached hydrogens (tertiary/aromatic N) is 1. The van der Waals surface area contributed by atoms with Gasteiger partial charge in [0, 0.05) is 31.8 Å². The molecule has 1 heterocycles. The minimum atomic E-state index is -0.460. The lowest BCUT2D eigenvalue weighted by Gasteiger charge is -2.08. The summed E-state index contributed by atoms with van der Waals surface area (Å²) in [4.78, 5) is 10.1. The fourth-order valence-corrected chi connectivity index (χ4v) is 2.58. The van der Waals surface area contributed by atoms with Crippen molar-refractivity contribution in [2.24, 2.45) is 0 Å². The number of rotatable bonds is 7. The third-order valence-corrected chi connectivity index (χ3v) is 3.73. The molecule has 106 valence electrons. The predicted octanol–water partition coefficient (Wildman–Crippen LogP) is 3.51. The lowest BCUT2D eigenvalue weighted by molar-refractivity contribution is -0.384. The minimum Gasteiger partial charge on any atom is -0.383 e.